The van der Waals surface area contributed by atoms with Gasteiger partial charge in [0.2, 0.25) is 0 Å². The van der Waals surface area contributed by atoms with E-state index in [-0.39, 0.29) is 5.75 Å². The van der Waals surface area contributed by atoms with Crippen molar-refractivity contribution in [1.29, 1.82) is 0 Å². The number of aromatic amines is 1. The molecule has 0 bridgehead atoms. The van der Waals surface area contributed by atoms with E-state index in [0.29, 0.717) is 12.2 Å². The van der Waals surface area contributed by atoms with Gasteiger partial charge in [0.05, 0.1) is 12.2 Å². The summed E-state index contributed by atoms with van der Waals surface area (Å²) in [4.78, 5) is 0. The van der Waals surface area contributed by atoms with Crippen LogP contribution in [-0.4, -0.2) is 16.6 Å². The number of aromatic nitrogens is 2. The number of H-pyrrole nitrogens is 1. The first kappa shape index (κ1) is 12.3. The van der Waals surface area contributed by atoms with E-state index in [1.807, 2.05) is 0 Å². The molecule has 2 rings (SSSR count). The van der Waals surface area contributed by atoms with Gasteiger partial charge in [0.15, 0.2) is 0 Å². The van der Waals surface area contributed by atoms with Crippen molar-refractivity contribution in [3.8, 4) is 5.75 Å². The number of nitrogens with one attached hydrogen (secondary N) is 2. The maximum atomic E-state index is 12.0. The molecule has 0 saturated heterocycles. The highest BCUT2D eigenvalue weighted by Crippen LogP contribution is 2.25. The molecule has 1 heterocycles. The van der Waals surface area contributed by atoms with Gasteiger partial charge < -0.3 is 10.1 Å². The van der Waals surface area contributed by atoms with E-state index in [4.69, 9.17) is 0 Å². The third-order valence-corrected chi connectivity index (χ3v) is 2.11. The fourth-order valence-electron chi connectivity index (χ4n) is 1.38. The fraction of sp³-hybridized carbons (Fsp3) is 0.182. The molecule has 1 aromatic carbocycles. The minimum absolute atomic E-state index is 0.253. The van der Waals surface area contributed by atoms with Crippen LogP contribution in [0.2, 0.25) is 0 Å². The summed E-state index contributed by atoms with van der Waals surface area (Å²) in [5.74, 6) is -0.253. The number of ether oxygens (including phenoxy) is 1. The highest BCUT2D eigenvalue weighted by atomic mass is 19.4. The summed E-state index contributed by atoms with van der Waals surface area (Å²) in [6.07, 6.45) is -3.08. The van der Waals surface area contributed by atoms with Crippen molar-refractivity contribution >= 4 is 5.69 Å². The van der Waals surface area contributed by atoms with Crippen LogP contribution in [0.1, 0.15) is 5.69 Å². The molecule has 0 amide bonds. The molecule has 0 saturated carbocycles. The van der Waals surface area contributed by atoms with Gasteiger partial charge in [-0.25, -0.2) is 0 Å². The van der Waals surface area contributed by atoms with E-state index in [1.165, 1.54) is 18.2 Å². The molecule has 0 radical (unpaired) electrons. The van der Waals surface area contributed by atoms with Crippen molar-refractivity contribution in [2.24, 2.45) is 0 Å². The van der Waals surface area contributed by atoms with Gasteiger partial charge in [0.1, 0.15) is 5.75 Å². The summed E-state index contributed by atoms with van der Waals surface area (Å²) in [6, 6.07) is 7.43. The van der Waals surface area contributed by atoms with E-state index < -0.39 is 6.36 Å². The number of hydrogen-bond donors (Lipinski definition) is 2. The Balaban J connectivity index is 1.99. The molecular formula is C11H10F3N3O. The molecule has 0 unspecified atom stereocenters. The summed E-state index contributed by atoms with van der Waals surface area (Å²) in [5, 5.41) is 9.45. The topological polar surface area (TPSA) is 49.9 Å². The van der Waals surface area contributed by atoms with Crippen molar-refractivity contribution < 1.29 is 17.9 Å². The Morgan fingerprint density at radius 2 is 2.11 bits per heavy atom. The van der Waals surface area contributed by atoms with E-state index in [1.54, 1.807) is 18.3 Å². The zero-order valence-electron chi connectivity index (χ0n) is 9.16. The molecule has 18 heavy (non-hydrogen) atoms. The zero-order valence-corrected chi connectivity index (χ0v) is 9.16. The van der Waals surface area contributed by atoms with Crippen LogP contribution in [0.4, 0.5) is 18.9 Å². The van der Waals surface area contributed by atoms with Gasteiger partial charge in [-0.2, -0.15) is 5.10 Å². The summed E-state index contributed by atoms with van der Waals surface area (Å²) < 4.78 is 39.9. The normalized spacial score (nSPS) is 11.3. The molecule has 0 aliphatic heterocycles. The van der Waals surface area contributed by atoms with Gasteiger partial charge in [0.25, 0.3) is 0 Å². The molecule has 0 aliphatic carbocycles. The fourth-order valence-corrected chi connectivity index (χ4v) is 1.38. The molecule has 0 spiro atoms. The van der Waals surface area contributed by atoms with Crippen LogP contribution in [0.5, 0.6) is 5.75 Å². The summed E-state index contributed by atoms with van der Waals surface area (Å²) in [7, 11) is 0. The van der Waals surface area contributed by atoms with E-state index >= 15 is 0 Å². The van der Waals surface area contributed by atoms with Crippen molar-refractivity contribution in [2.75, 3.05) is 5.32 Å². The lowest BCUT2D eigenvalue weighted by Gasteiger charge is -2.10. The highest BCUT2D eigenvalue weighted by Gasteiger charge is 2.31. The van der Waals surface area contributed by atoms with Crippen LogP contribution in [0.3, 0.4) is 0 Å². The largest absolute Gasteiger partial charge is 0.573 e. The van der Waals surface area contributed by atoms with Gasteiger partial charge >= 0.3 is 6.36 Å². The number of nitrogens with zero attached hydrogens (tertiary/aromatic N) is 1. The molecule has 2 aromatic rings. The van der Waals surface area contributed by atoms with Crippen LogP contribution >= 0.6 is 0 Å². The van der Waals surface area contributed by atoms with Crippen molar-refractivity contribution in [1.82, 2.24) is 10.2 Å². The second-order valence-electron chi connectivity index (χ2n) is 3.51. The van der Waals surface area contributed by atoms with Gasteiger partial charge in [0, 0.05) is 18.0 Å². The Kier molecular flexibility index (Phi) is 3.40. The predicted molar refractivity (Wildman–Crippen MR) is 59.0 cm³/mol. The lowest BCUT2D eigenvalue weighted by molar-refractivity contribution is -0.274. The number of benzene rings is 1. The minimum atomic E-state index is -4.68. The number of halogens is 3. The van der Waals surface area contributed by atoms with Crippen LogP contribution in [0.25, 0.3) is 0 Å². The SMILES string of the molecule is FC(F)(F)Oc1cccc(NCc2ccn[nH]2)c1. The first-order valence-corrected chi connectivity index (χ1v) is 5.11. The molecule has 2 N–H and O–H groups in total. The van der Waals surface area contributed by atoms with Crippen LogP contribution in [-0.2, 0) is 6.54 Å². The average molecular weight is 257 g/mol. The van der Waals surface area contributed by atoms with Crippen LogP contribution < -0.4 is 10.1 Å². The second kappa shape index (κ2) is 4.99. The Morgan fingerprint density at radius 1 is 1.28 bits per heavy atom. The van der Waals surface area contributed by atoms with Crippen molar-refractivity contribution in [3.63, 3.8) is 0 Å². The van der Waals surface area contributed by atoms with Crippen molar-refractivity contribution in [2.45, 2.75) is 12.9 Å². The third-order valence-electron chi connectivity index (χ3n) is 2.11. The van der Waals surface area contributed by atoms with E-state index in [9.17, 15) is 13.2 Å². The summed E-state index contributed by atoms with van der Waals surface area (Å²) >= 11 is 0. The standard InChI is InChI=1S/C11H10F3N3O/c12-11(13,14)18-10-3-1-2-8(6-10)15-7-9-4-5-16-17-9/h1-6,15H,7H2,(H,16,17). The smallest absolute Gasteiger partial charge is 0.406 e. The van der Waals surface area contributed by atoms with Crippen molar-refractivity contribution in [3.05, 3.63) is 42.2 Å². The molecule has 0 atom stereocenters. The third kappa shape index (κ3) is 3.69. The quantitative estimate of drug-likeness (QED) is 0.885. The molecule has 0 aliphatic rings. The zero-order chi connectivity index (χ0) is 13.0. The van der Waals surface area contributed by atoms with Gasteiger partial charge in [-0.05, 0) is 18.2 Å². The highest BCUT2D eigenvalue weighted by molar-refractivity contribution is 5.48. The molecule has 7 heteroatoms. The summed E-state index contributed by atoms with van der Waals surface area (Å²) in [5.41, 5.74) is 1.36. The first-order chi connectivity index (χ1) is 8.53. The minimum Gasteiger partial charge on any atom is -0.406 e. The molecular weight excluding hydrogens is 247 g/mol. The van der Waals surface area contributed by atoms with Gasteiger partial charge in [-0.1, -0.05) is 6.07 Å². The second-order valence-corrected chi connectivity index (χ2v) is 3.51. The monoisotopic (exact) mass is 257 g/mol. The average Bonchev–Trinajstić information content (AvgIpc) is 2.77. The van der Waals surface area contributed by atoms with Gasteiger partial charge in [-0.3, -0.25) is 5.10 Å². The van der Waals surface area contributed by atoms with E-state index in [2.05, 4.69) is 20.3 Å². The van der Waals surface area contributed by atoms with Crippen LogP contribution in [0, 0.1) is 0 Å². The predicted octanol–water partition coefficient (Wildman–Crippen LogP) is 2.92. The number of alkyl halides is 3. The molecule has 96 valence electrons. The Hall–Kier alpha value is -2.18. The Morgan fingerprint density at radius 3 is 2.78 bits per heavy atom. The molecule has 1 aromatic heterocycles. The molecule has 4 nitrogen and oxygen atoms in total. The summed E-state index contributed by atoms with van der Waals surface area (Å²) in [6.45, 7) is 0.440. The lowest BCUT2D eigenvalue weighted by atomic mass is 10.3. The number of anilines is 1. The Labute approximate surface area is 101 Å². The lowest BCUT2D eigenvalue weighted by Crippen LogP contribution is -2.17. The molecule has 0 fully saturated rings. The number of rotatable bonds is 4. The Bertz CT molecular complexity index is 496. The van der Waals surface area contributed by atoms with Gasteiger partial charge in [-0.15, -0.1) is 13.2 Å². The maximum Gasteiger partial charge on any atom is 0.573 e. The number of hydrogen-bond acceptors (Lipinski definition) is 3. The van der Waals surface area contributed by atoms with E-state index in [0.717, 1.165) is 5.69 Å². The van der Waals surface area contributed by atoms with Crippen LogP contribution in [0.15, 0.2) is 36.5 Å². The first-order valence-electron chi connectivity index (χ1n) is 5.11. The maximum absolute atomic E-state index is 12.0.